The molecule has 5 heteroatoms. The number of amides is 2. The van der Waals surface area contributed by atoms with Gasteiger partial charge in [-0.1, -0.05) is 12.1 Å². The first kappa shape index (κ1) is 13.1. The van der Waals surface area contributed by atoms with Crippen molar-refractivity contribution in [3.63, 3.8) is 0 Å². The van der Waals surface area contributed by atoms with Crippen molar-refractivity contribution in [2.45, 2.75) is 38.3 Å². The molecule has 0 spiro atoms. The maximum absolute atomic E-state index is 12.7. The van der Waals surface area contributed by atoms with Crippen LogP contribution in [0.5, 0.6) is 0 Å². The maximum Gasteiger partial charge on any atom is 0.244 e. The number of nitrogens with one attached hydrogen (secondary N) is 2. The Labute approximate surface area is 118 Å². The molecule has 5 nitrogen and oxygen atoms in total. The number of hydrogen-bond donors (Lipinski definition) is 2. The van der Waals surface area contributed by atoms with Crippen molar-refractivity contribution in [2.75, 3.05) is 16.8 Å². The van der Waals surface area contributed by atoms with Crippen molar-refractivity contribution in [2.24, 2.45) is 0 Å². The Bertz CT molecular complexity index is 544. The number of piperidine rings is 1. The molecular formula is C15H19N3O2. The third kappa shape index (κ3) is 2.41. The predicted octanol–water partition coefficient (Wildman–Crippen LogP) is 1.50. The number of rotatable bonds is 1. The number of anilines is 2. The van der Waals surface area contributed by atoms with Crippen LogP contribution < -0.4 is 15.5 Å². The van der Waals surface area contributed by atoms with Crippen molar-refractivity contribution in [1.29, 1.82) is 0 Å². The lowest BCUT2D eigenvalue weighted by Crippen LogP contribution is -2.54. The van der Waals surface area contributed by atoms with E-state index >= 15 is 0 Å². The molecule has 1 saturated heterocycles. The highest BCUT2D eigenvalue weighted by molar-refractivity contribution is 6.11. The summed E-state index contributed by atoms with van der Waals surface area (Å²) in [6.07, 6.45) is 2.98. The number of carbonyl (C=O) groups is 2. The molecule has 0 aromatic heterocycles. The Kier molecular flexibility index (Phi) is 3.44. The van der Waals surface area contributed by atoms with Gasteiger partial charge in [0.05, 0.1) is 17.4 Å². The summed E-state index contributed by atoms with van der Waals surface area (Å²) >= 11 is 0. The Hall–Kier alpha value is -1.88. The zero-order valence-electron chi connectivity index (χ0n) is 11.6. The summed E-state index contributed by atoms with van der Waals surface area (Å²) in [4.78, 5) is 26.1. The van der Waals surface area contributed by atoms with Crippen molar-refractivity contribution >= 4 is 23.2 Å². The third-order valence-corrected chi connectivity index (χ3v) is 3.95. The molecule has 2 aliphatic heterocycles. The van der Waals surface area contributed by atoms with Crippen LogP contribution in [-0.2, 0) is 9.59 Å². The minimum absolute atomic E-state index is 0.00106. The minimum atomic E-state index is -0.183. The fourth-order valence-corrected chi connectivity index (χ4v) is 2.95. The van der Waals surface area contributed by atoms with Gasteiger partial charge in [0, 0.05) is 6.04 Å². The van der Waals surface area contributed by atoms with Gasteiger partial charge in [-0.2, -0.15) is 0 Å². The molecule has 20 heavy (non-hydrogen) atoms. The van der Waals surface area contributed by atoms with Crippen LogP contribution in [-0.4, -0.2) is 30.4 Å². The summed E-state index contributed by atoms with van der Waals surface area (Å²) < 4.78 is 0. The zero-order valence-corrected chi connectivity index (χ0v) is 11.6. The monoisotopic (exact) mass is 273 g/mol. The smallest absolute Gasteiger partial charge is 0.244 e. The first-order valence-corrected chi connectivity index (χ1v) is 7.11. The SMILES string of the molecule is CC1CCCC(C(=O)N2CC(=O)Nc3ccccc32)N1. The van der Waals surface area contributed by atoms with E-state index in [-0.39, 0.29) is 24.4 Å². The molecule has 2 N–H and O–H groups in total. The highest BCUT2D eigenvalue weighted by atomic mass is 16.2. The van der Waals surface area contributed by atoms with Gasteiger partial charge in [0.25, 0.3) is 0 Å². The number of hydrogen-bond acceptors (Lipinski definition) is 3. The lowest BCUT2D eigenvalue weighted by molar-refractivity contribution is -0.123. The minimum Gasteiger partial charge on any atom is -0.323 e. The molecular weight excluding hydrogens is 254 g/mol. The van der Waals surface area contributed by atoms with Crippen molar-refractivity contribution in [3.8, 4) is 0 Å². The highest BCUT2D eigenvalue weighted by Crippen LogP contribution is 2.30. The van der Waals surface area contributed by atoms with Crippen molar-refractivity contribution < 1.29 is 9.59 Å². The Morgan fingerprint density at radius 1 is 1.30 bits per heavy atom. The number of fused-ring (bicyclic) bond motifs is 1. The van der Waals surface area contributed by atoms with Crippen LogP contribution >= 0.6 is 0 Å². The van der Waals surface area contributed by atoms with Gasteiger partial charge in [0.1, 0.15) is 6.54 Å². The van der Waals surface area contributed by atoms with Crippen LogP contribution in [0.15, 0.2) is 24.3 Å². The summed E-state index contributed by atoms with van der Waals surface area (Å²) in [5, 5.41) is 6.14. The van der Waals surface area contributed by atoms with Crippen LogP contribution in [0.3, 0.4) is 0 Å². The fraction of sp³-hybridized carbons (Fsp3) is 0.467. The second-order valence-electron chi connectivity index (χ2n) is 5.54. The van der Waals surface area contributed by atoms with Crippen LogP contribution in [0.1, 0.15) is 26.2 Å². The summed E-state index contributed by atoms with van der Waals surface area (Å²) in [6.45, 7) is 2.19. The molecule has 3 rings (SSSR count). The van der Waals surface area contributed by atoms with Gasteiger partial charge >= 0.3 is 0 Å². The fourth-order valence-electron chi connectivity index (χ4n) is 2.95. The molecule has 0 bridgehead atoms. The van der Waals surface area contributed by atoms with E-state index in [9.17, 15) is 9.59 Å². The van der Waals surface area contributed by atoms with Crippen LogP contribution in [0.25, 0.3) is 0 Å². The van der Waals surface area contributed by atoms with Crippen molar-refractivity contribution in [1.82, 2.24) is 5.32 Å². The van der Waals surface area contributed by atoms with Gasteiger partial charge in [-0.05, 0) is 38.3 Å². The molecule has 0 saturated carbocycles. The number of nitrogens with zero attached hydrogens (tertiary/aromatic N) is 1. The van der Waals surface area contributed by atoms with E-state index in [2.05, 4.69) is 17.6 Å². The molecule has 2 amide bonds. The van der Waals surface area contributed by atoms with E-state index in [0.717, 1.165) is 24.9 Å². The lowest BCUT2D eigenvalue weighted by Gasteiger charge is -2.35. The average molecular weight is 273 g/mol. The number of benzene rings is 1. The normalized spacial score (nSPS) is 25.9. The molecule has 1 aromatic rings. The van der Waals surface area contributed by atoms with Crippen LogP contribution in [0.4, 0.5) is 11.4 Å². The Balaban J connectivity index is 1.86. The molecule has 2 atom stereocenters. The van der Waals surface area contributed by atoms with Crippen molar-refractivity contribution in [3.05, 3.63) is 24.3 Å². The van der Waals surface area contributed by atoms with Gasteiger partial charge in [0.15, 0.2) is 0 Å². The summed E-state index contributed by atoms with van der Waals surface area (Å²) in [6, 6.07) is 7.61. The Morgan fingerprint density at radius 2 is 2.10 bits per heavy atom. The van der Waals surface area contributed by atoms with Gasteiger partial charge in [0.2, 0.25) is 11.8 Å². The lowest BCUT2D eigenvalue weighted by atomic mass is 9.98. The van der Waals surface area contributed by atoms with E-state index in [4.69, 9.17) is 0 Å². The summed E-state index contributed by atoms with van der Waals surface area (Å²) in [5.41, 5.74) is 1.50. The molecule has 106 valence electrons. The highest BCUT2D eigenvalue weighted by Gasteiger charge is 2.33. The van der Waals surface area contributed by atoms with E-state index in [1.54, 1.807) is 4.90 Å². The quantitative estimate of drug-likeness (QED) is 0.815. The zero-order chi connectivity index (χ0) is 14.1. The van der Waals surface area contributed by atoms with E-state index in [1.807, 2.05) is 24.3 Å². The van der Waals surface area contributed by atoms with Gasteiger partial charge < -0.3 is 10.6 Å². The molecule has 0 aliphatic carbocycles. The van der Waals surface area contributed by atoms with Crippen LogP contribution in [0, 0.1) is 0 Å². The van der Waals surface area contributed by atoms with Gasteiger partial charge in [-0.3, -0.25) is 14.5 Å². The molecule has 1 aromatic carbocycles. The molecule has 0 radical (unpaired) electrons. The Morgan fingerprint density at radius 3 is 2.90 bits per heavy atom. The molecule has 2 aliphatic rings. The maximum atomic E-state index is 12.7. The largest absolute Gasteiger partial charge is 0.323 e. The number of carbonyl (C=O) groups excluding carboxylic acids is 2. The van der Waals surface area contributed by atoms with Gasteiger partial charge in [-0.25, -0.2) is 0 Å². The molecule has 2 unspecified atom stereocenters. The standard InChI is InChI=1S/C15H19N3O2/c1-10-5-4-7-12(16-10)15(20)18-9-14(19)17-11-6-2-3-8-13(11)18/h2-3,6,8,10,12,16H,4-5,7,9H2,1H3,(H,17,19). The molecule has 1 fully saturated rings. The van der Waals surface area contributed by atoms with E-state index in [0.29, 0.717) is 11.7 Å². The first-order chi connectivity index (χ1) is 9.65. The van der Waals surface area contributed by atoms with E-state index in [1.165, 1.54) is 0 Å². The third-order valence-electron chi connectivity index (χ3n) is 3.95. The number of para-hydroxylation sites is 2. The first-order valence-electron chi connectivity index (χ1n) is 7.11. The topological polar surface area (TPSA) is 61.4 Å². The second kappa shape index (κ2) is 5.25. The average Bonchev–Trinajstić information content (AvgIpc) is 2.45. The predicted molar refractivity (Wildman–Crippen MR) is 77.7 cm³/mol. The van der Waals surface area contributed by atoms with E-state index < -0.39 is 0 Å². The summed E-state index contributed by atoms with van der Waals surface area (Å²) in [5.74, 6) is -0.139. The van der Waals surface area contributed by atoms with Gasteiger partial charge in [-0.15, -0.1) is 0 Å². The molecule has 2 heterocycles. The van der Waals surface area contributed by atoms with Crippen LogP contribution in [0.2, 0.25) is 0 Å². The second-order valence-corrected chi connectivity index (χ2v) is 5.54. The summed E-state index contributed by atoms with van der Waals surface area (Å²) in [7, 11) is 0.